The van der Waals surface area contributed by atoms with Gasteiger partial charge >= 0.3 is 5.69 Å². The molecule has 2 atom stereocenters. The molecule has 0 aromatic carbocycles. The minimum atomic E-state index is -0.471. The normalized spacial score (nSPS) is 21.8. The predicted octanol–water partition coefficient (Wildman–Crippen LogP) is 3.16. The number of ether oxygens (including phenoxy) is 1. The van der Waals surface area contributed by atoms with Crippen LogP contribution in [0.15, 0.2) is 6.33 Å². The number of hydrogen-bond donors (Lipinski definition) is 1. The quantitative estimate of drug-likeness (QED) is 0.640. The molecule has 1 aliphatic carbocycles. The van der Waals surface area contributed by atoms with E-state index in [1.165, 1.54) is 12.7 Å². The Balaban J connectivity index is 2.23. The summed E-state index contributed by atoms with van der Waals surface area (Å²) in [5, 5.41) is 14.6. The highest BCUT2D eigenvalue weighted by Crippen LogP contribution is 2.34. The first-order valence-electron chi connectivity index (χ1n) is 7.52. The molecule has 1 heterocycles. The van der Waals surface area contributed by atoms with Crippen molar-refractivity contribution < 1.29 is 9.66 Å². The van der Waals surface area contributed by atoms with Crippen LogP contribution in [0, 0.1) is 16.0 Å². The second-order valence-corrected chi connectivity index (χ2v) is 5.49. The number of rotatable bonds is 6. The van der Waals surface area contributed by atoms with E-state index in [4.69, 9.17) is 4.74 Å². The van der Waals surface area contributed by atoms with Gasteiger partial charge in [0.15, 0.2) is 0 Å². The van der Waals surface area contributed by atoms with Gasteiger partial charge in [0.25, 0.3) is 5.88 Å². The summed E-state index contributed by atoms with van der Waals surface area (Å²) in [4.78, 5) is 18.8. The van der Waals surface area contributed by atoms with E-state index in [2.05, 4.69) is 22.2 Å². The molecule has 7 heteroatoms. The van der Waals surface area contributed by atoms with Gasteiger partial charge in [0.05, 0.1) is 11.5 Å². The van der Waals surface area contributed by atoms with Crippen molar-refractivity contribution in [1.29, 1.82) is 0 Å². The van der Waals surface area contributed by atoms with Crippen LogP contribution in [0.3, 0.4) is 0 Å². The van der Waals surface area contributed by atoms with Crippen LogP contribution in [0.1, 0.15) is 46.0 Å². The van der Waals surface area contributed by atoms with Crippen molar-refractivity contribution in [2.45, 2.75) is 52.0 Å². The van der Waals surface area contributed by atoms with Crippen molar-refractivity contribution in [3.8, 4) is 5.88 Å². The predicted molar refractivity (Wildman–Crippen MR) is 79.5 cm³/mol. The molecule has 1 N–H and O–H groups in total. The van der Waals surface area contributed by atoms with Crippen molar-refractivity contribution in [2.75, 3.05) is 11.9 Å². The van der Waals surface area contributed by atoms with E-state index in [0.29, 0.717) is 12.5 Å². The third-order valence-electron chi connectivity index (χ3n) is 3.85. The van der Waals surface area contributed by atoms with Crippen LogP contribution in [-0.4, -0.2) is 27.5 Å². The topological polar surface area (TPSA) is 90.2 Å². The van der Waals surface area contributed by atoms with Gasteiger partial charge in [-0.25, -0.2) is 4.98 Å². The van der Waals surface area contributed by atoms with Crippen LogP contribution in [-0.2, 0) is 0 Å². The molecule has 0 amide bonds. The second kappa shape index (κ2) is 7.19. The van der Waals surface area contributed by atoms with E-state index in [1.807, 2.05) is 6.92 Å². The Hall–Kier alpha value is -1.92. The SMILES string of the molecule is CCCOc1ncnc(NC2CCCCC2C)c1[N+](=O)[O-]. The molecule has 1 aromatic heterocycles. The van der Waals surface area contributed by atoms with Crippen LogP contribution in [0.5, 0.6) is 5.88 Å². The Kier molecular flexibility index (Phi) is 5.30. The largest absolute Gasteiger partial charge is 0.473 e. The molecule has 2 rings (SSSR count). The maximum absolute atomic E-state index is 11.3. The minimum Gasteiger partial charge on any atom is -0.473 e. The summed E-state index contributed by atoms with van der Waals surface area (Å²) in [6.07, 6.45) is 6.58. The summed E-state index contributed by atoms with van der Waals surface area (Å²) in [6, 6.07) is 0.214. The lowest BCUT2D eigenvalue weighted by atomic mass is 9.86. The molecule has 21 heavy (non-hydrogen) atoms. The number of anilines is 1. The van der Waals surface area contributed by atoms with E-state index >= 15 is 0 Å². The van der Waals surface area contributed by atoms with Gasteiger partial charge in [-0.3, -0.25) is 10.1 Å². The first-order chi connectivity index (χ1) is 10.1. The van der Waals surface area contributed by atoms with Gasteiger partial charge in [0.2, 0.25) is 5.82 Å². The van der Waals surface area contributed by atoms with E-state index in [0.717, 1.165) is 25.7 Å². The molecular weight excluding hydrogens is 272 g/mol. The zero-order valence-electron chi connectivity index (χ0n) is 12.5. The van der Waals surface area contributed by atoms with Gasteiger partial charge in [-0.1, -0.05) is 26.7 Å². The summed E-state index contributed by atoms with van der Waals surface area (Å²) >= 11 is 0. The summed E-state index contributed by atoms with van der Waals surface area (Å²) < 4.78 is 5.37. The fourth-order valence-corrected chi connectivity index (χ4v) is 2.64. The third kappa shape index (κ3) is 3.80. The fraction of sp³-hybridized carbons (Fsp3) is 0.714. The van der Waals surface area contributed by atoms with Gasteiger partial charge in [0.1, 0.15) is 6.33 Å². The Morgan fingerprint density at radius 1 is 1.43 bits per heavy atom. The van der Waals surface area contributed by atoms with Gasteiger partial charge in [-0.2, -0.15) is 4.98 Å². The molecule has 0 radical (unpaired) electrons. The minimum absolute atomic E-state index is 0.0443. The number of nitrogens with one attached hydrogen (secondary N) is 1. The monoisotopic (exact) mass is 294 g/mol. The number of aromatic nitrogens is 2. The van der Waals surface area contributed by atoms with E-state index in [-0.39, 0.29) is 23.4 Å². The maximum Gasteiger partial charge on any atom is 0.372 e. The zero-order valence-corrected chi connectivity index (χ0v) is 12.5. The summed E-state index contributed by atoms with van der Waals surface area (Å²) in [5.74, 6) is 0.788. The average Bonchev–Trinajstić information content (AvgIpc) is 2.47. The second-order valence-electron chi connectivity index (χ2n) is 5.49. The Morgan fingerprint density at radius 2 is 2.19 bits per heavy atom. The molecule has 0 spiro atoms. The van der Waals surface area contributed by atoms with Gasteiger partial charge in [-0.05, 0) is 25.2 Å². The molecule has 0 aliphatic heterocycles. The molecule has 1 aliphatic rings. The molecular formula is C14H22N4O3. The van der Waals surface area contributed by atoms with Crippen molar-refractivity contribution in [3.63, 3.8) is 0 Å². The van der Waals surface area contributed by atoms with Crippen LogP contribution >= 0.6 is 0 Å². The molecule has 116 valence electrons. The summed E-state index contributed by atoms with van der Waals surface area (Å²) in [6.45, 7) is 4.51. The third-order valence-corrected chi connectivity index (χ3v) is 3.85. The van der Waals surface area contributed by atoms with Crippen LogP contribution in [0.25, 0.3) is 0 Å². The Morgan fingerprint density at radius 3 is 2.86 bits per heavy atom. The molecule has 7 nitrogen and oxygen atoms in total. The van der Waals surface area contributed by atoms with E-state index in [9.17, 15) is 10.1 Å². The van der Waals surface area contributed by atoms with Gasteiger partial charge in [-0.15, -0.1) is 0 Å². The lowest BCUT2D eigenvalue weighted by molar-refractivity contribution is -0.385. The highest BCUT2D eigenvalue weighted by atomic mass is 16.6. The lowest BCUT2D eigenvalue weighted by Crippen LogP contribution is -2.31. The molecule has 2 unspecified atom stereocenters. The fourth-order valence-electron chi connectivity index (χ4n) is 2.64. The maximum atomic E-state index is 11.3. The van der Waals surface area contributed by atoms with Crippen molar-refractivity contribution in [3.05, 3.63) is 16.4 Å². The first-order valence-corrected chi connectivity index (χ1v) is 7.52. The molecule has 0 saturated heterocycles. The Labute approximate surface area is 124 Å². The molecule has 0 bridgehead atoms. The van der Waals surface area contributed by atoms with Crippen molar-refractivity contribution >= 4 is 11.5 Å². The van der Waals surface area contributed by atoms with Crippen LogP contribution in [0.2, 0.25) is 0 Å². The number of hydrogen-bond acceptors (Lipinski definition) is 6. The van der Waals surface area contributed by atoms with Gasteiger partial charge < -0.3 is 10.1 Å². The van der Waals surface area contributed by atoms with E-state index in [1.54, 1.807) is 0 Å². The summed E-state index contributed by atoms with van der Waals surface area (Å²) in [5.41, 5.74) is -0.163. The van der Waals surface area contributed by atoms with Crippen LogP contribution in [0.4, 0.5) is 11.5 Å². The summed E-state index contributed by atoms with van der Waals surface area (Å²) in [7, 11) is 0. The first kappa shape index (κ1) is 15.5. The molecule has 1 aromatic rings. The highest BCUT2D eigenvalue weighted by molar-refractivity contribution is 5.61. The Bertz CT molecular complexity index is 495. The average molecular weight is 294 g/mol. The van der Waals surface area contributed by atoms with Crippen molar-refractivity contribution in [1.82, 2.24) is 9.97 Å². The van der Waals surface area contributed by atoms with Gasteiger partial charge in [0, 0.05) is 6.04 Å². The number of nitrogens with zero attached hydrogens (tertiary/aromatic N) is 3. The molecule has 1 fully saturated rings. The highest BCUT2D eigenvalue weighted by Gasteiger charge is 2.28. The zero-order chi connectivity index (χ0) is 15.2. The number of nitro groups is 1. The standard InChI is InChI=1S/C14H22N4O3/c1-3-8-21-14-12(18(19)20)13(15-9-16-14)17-11-7-5-4-6-10(11)2/h9-11H,3-8H2,1-2H3,(H,15,16,17). The molecule has 1 saturated carbocycles. The van der Waals surface area contributed by atoms with Crippen LogP contribution < -0.4 is 10.1 Å². The van der Waals surface area contributed by atoms with Crippen molar-refractivity contribution in [2.24, 2.45) is 5.92 Å². The smallest absolute Gasteiger partial charge is 0.372 e. The van der Waals surface area contributed by atoms with E-state index < -0.39 is 4.92 Å². The lowest BCUT2D eigenvalue weighted by Gasteiger charge is -2.29.